The van der Waals surface area contributed by atoms with Gasteiger partial charge in [-0.15, -0.1) is 0 Å². The first-order valence-corrected chi connectivity index (χ1v) is 6.66. The number of benzene rings is 2. The first-order chi connectivity index (χ1) is 8.91. The molecule has 0 bridgehead atoms. The fourth-order valence-electron chi connectivity index (χ4n) is 1.76. The van der Waals surface area contributed by atoms with Crippen molar-refractivity contribution in [2.24, 2.45) is 0 Å². The molecule has 0 aliphatic heterocycles. The summed E-state index contributed by atoms with van der Waals surface area (Å²) in [5.41, 5.74) is 0.515. The molecule has 1 N–H and O–H groups in total. The lowest BCUT2D eigenvalue weighted by atomic mass is 9.99. The highest BCUT2D eigenvalue weighted by molar-refractivity contribution is 9.10. The van der Waals surface area contributed by atoms with Crippen LogP contribution in [0.2, 0.25) is 5.02 Å². The third kappa shape index (κ3) is 2.81. The molecule has 0 amide bonds. The van der Waals surface area contributed by atoms with Crippen LogP contribution in [0.25, 0.3) is 0 Å². The summed E-state index contributed by atoms with van der Waals surface area (Å²) in [5, 5.41) is 10.7. The third-order valence-corrected chi connectivity index (χ3v) is 3.78. The maximum absolute atomic E-state index is 13.8. The maximum Gasteiger partial charge on any atom is 0.165 e. The number of aliphatic hydroxyl groups is 1. The Hall–Kier alpha value is -0.970. The molecule has 0 radical (unpaired) electrons. The molecule has 5 heteroatoms. The highest BCUT2D eigenvalue weighted by Gasteiger charge is 2.20. The molecule has 1 unspecified atom stereocenters. The lowest BCUT2D eigenvalue weighted by Gasteiger charge is -2.15. The Morgan fingerprint density at radius 1 is 1.11 bits per heavy atom. The van der Waals surface area contributed by atoms with E-state index in [0.717, 1.165) is 0 Å². The topological polar surface area (TPSA) is 20.2 Å². The zero-order valence-electron chi connectivity index (χ0n) is 9.92. The minimum absolute atomic E-state index is 0.105. The van der Waals surface area contributed by atoms with Gasteiger partial charge >= 0.3 is 0 Å². The minimum Gasteiger partial charge on any atom is -0.384 e. The molecular weight excluding hydrogens is 338 g/mol. The summed E-state index contributed by atoms with van der Waals surface area (Å²) in [4.78, 5) is 0. The van der Waals surface area contributed by atoms with Gasteiger partial charge in [0.2, 0.25) is 0 Å². The molecule has 0 spiro atoms. The number of hydrogen-bond acceptors (Lipinski definition) is 1. The van der Waals surface area contributed by atoms with E-state index in [1.165, 1.54) is 19.1 Å². The fraction of sp³-hybridized carbons (Fsp3) is 0.143. The van der Waals surface area contributed by atoms with Gasteiger partial charge in [0, 0.05) is 15.1 Å². The Balaban J connectivity index is 2.50. The zero-order valence-corrected chi connectivity index (χ0v) is 12.3. The SMILES string of the molecule is Cc1ccc(C(O)c2ccc(Cl)cc2Br)c(F)c1F. The summed E-state index contributed by atoms with van der Waals surface area (Å²) < 4.78 is 27.9. The van der Waals surface area contributed by atoms with Crippen molar-refractivity contribution in [3.63, 3.8) is 0 Å². The second-order valence-corrected chi connectivity index (χ2v) is 5.46. The molecule has 0 aromatic heterocycles. The van der Waals surface area contributed by atoms with Gasteiger partial charge in [-0.25, -0.2) is 8.78 Å². The molecule has 19 heavy (non-hydrogen) atoms. The molecule has 1 atom stereocenters. The quantitative estimate of drug-likeness (QED) is 0.829. The summed E-state index contributed by atoms with van der Waals surface area (Å²) >= 11 is 9.04. The molecule has 0 heterocycles. The van der Waals surface area contributed by atoms with Crippen LogP contribution in [0.4, 0.5) is 8.78 Å². The molecule has 0 aliphatic carbocycles. The van der Waals surface area contributed by atoms with Crippen molar-refractivity contribution in [1.82, 2.24) is 0 Å². The summed E-state index contributed by atoms with van der Waals surface area (Å²) in [6.07, 6.45) is -1.26. The number of hydrogen-bond donors (Lipinski definition) is 1. The van der Waals surface area contributed by atoms with Gasteiger partial charge in [-0.1, -0.05) is 45.7 Å². The maximum atomic E-state index is 13.8. The summed E-state index contributed by atoms with van der Waals surface area (Å²) in [6.45, 7) is 1.47. The van der Waals surface area contributed by atoms with Crippen LogP contribution in [0, 0.1) is 18.6 Å². The molecular formula is C14H10BrClF2O. The Bertz CT molecular complexity index is 631. The van der Waals surface area contributed by atoms with E-state index in [1.807, 2.05) is 0 Å². The van der Waals surface area contributed by atoms with Gasteiger partial charge in [0.05, 0.1) is 0 Å². The molecule has 2 rings (SSSR count). The number of aliphatic hydroxyl groups excluding tert-OH is 1. The highest BCUT2D eigenvalue weighted by Crippen LogP contribution is 2.32. The number of rotatable bonds is 2. The molecule has 2 aromatic rings. The molecule has 1 nitrogen and oxygen atoms in total. The van der Waals surface area contributed by atoms with E-state index in [4.69, 9.17) is 11.6 Å². The van der Waals surface area contributed by atoms with Crippen LogP contribution in [0.3, 0.4) is 0 Å². The van der Waals surface area contributed by atoms with Crippen molar-refractivity contribution in [1.29, 1.82) is 0 Å². The summed E-state index contributed by atoms with van der Waals surface area (Å²) in [7, 11) is 0. The van der Waals surface area contributed by atoms with Gasteiger partial charge in [-0.3, -0.25) is 0 Å². The average Bonchev–Trinajstić information content (AvgIpc) is 2.35. The Labute approximate surface area is 123 Å². The van der Waals surface area contributed by atoms with E-state index in [-0.39, 0.29) is 11.1 Å². The molecule has 2 aromatic carbocycles. The van der Waals surface area contributed by atoms with Crippen molar-refractivity contribution in [3.8, 4) is 0 Å². The van der Waals surface area contributed by atoms with Crippen LogP contribution in [0.5, 0.6) is 0 Å². The van der Waals surface area contributed by atoms with E-state index in [2.05, 4.69) is 15.9 Å². The van der Waals surface area contributed by atoms with Gasteiger partial charge in [-0.2, -0.15) is 0 Å². The Morgan fingerprint density at radius 2 is 1.74 bits per heavy atom. The summed E-state index contributed by atoms with van der Waals surface area (Å²) in [5.74, 6) is -1.98. The standard InChI is InChI=1S/C14H10BrClF2O/c1-7-2-4-10(13(18)12(7)17)14(19)9-5-3-8(16)6-11(9)15/h2-6,14,19H,1H3. The lowest BCUT2D eigenvalue weighted by Crippen LogP contribution is -2.06. The van der Waals surface area contributed by atoms with Crippen molar-refractivity contribution in [2.75, 3.05) is 0 Å². The number of aryl methyl sites for hydroxylation is 1. The van der Waals surface area contributed by atoms with E-state index in [0.29, 0.717) is 15.1 Å². The van der Waals surface area contributed by atoms with Gasteiger partial charge in [0.25, 0.3) is 0 Å². The first kappa shape index (κ1) is 14.4. The molecule has 0 aliphatic rings. The largest absolute Gasteiger partial charge is 0.384 e. The third-order valence-electron chi connectivity index (χ3n) is 2.86. The van der Waals surface area contributed by atoms with Crippen LogP contribution in [-0.4, -0.2) is 5.11 Å². The van der Waals surface area contributed by atoms with Crippen molar-refractivity contribution < 1.29 is 13.9 Å². The van der Waals surface area contributed by atoms with Gasteiger partial charge in [0.15, 0.2) is 11.6 Å². The average molecular weight is 348 g/mol. The van der Waals surface area contributed by atoms with E-state index >= 15 is 0 Å². The fourth-order valence-corrected chi connectivity index (χ4v) is 2.66. The van der Waals surface area contributed by atoms with E-state index < -0.39 is 17.7 Å². The van der Waals surface area contributed by atoms with Crippen molar-refractivity contribution in [3.05, 3.63) is 68.2 Å². The van der Waals surface area contributed by atoms with E-state index in [1.54, 1.807) is 18.2 Å². The number of halogens is 4. The predicted molar refractivity (Wildman–Crippen MR) is 74.3 cm³/mol. The Kier molecular flexibility index (Phi) is 4.23. The minimum atomic E-state index is -1.26. The van der Waals surface area contributed by atoms with E-state index in [9.17, 15) is 13.9 Å². The van der Waals surface area contributed by atoms with Crippen LogP contribution >= 0.6 is 27.5 Å². The van der Waals surface area contributed by atoms with Crippen LogP contribution in [0.15, 0.2) is 34.8 Å². The monoisotopic (exact) mass is 346 g/mol. The summed E-state index contributed by atoms with van der Waals surface area (Å²) in [6, 6.07) is 7.53. The van der Waals surface area contributed by atoms with Crippen molar-refractivity contribution in [2.45, 2.75) is 13.0 Å². The lowest BCUT2D eigenvalue weighted by molar-refractivity contribution is 0.212. The normalized spacial score (nSPS) is 12.5. The van der Waals surface area contributed by atoms with Gasteiger partial charge < -0.3 is 5.11 Å². The first-order valence-electron chi connectivity index (χ1n) is 5.49. The smallest absolute Gasteiger partial charge is 0.165 e. The van der Waals surface area contributed by atoms with Crippen LogP contribution in [-0.2, 0) is 0 Å². The molecule has 0 fully saturated rings. The second-order valence-electron chi connectivity index (χ2n) is 4.17. The van der Waals surface area contributed by atoms with Gasteiger partial charge in [0.1, 0.15) is 6.10 Å². The van der Waals surface area contributed by atoms with Gasteiger partial charge in [-0.05, 0) is 30.2 Å². The van der Waals surface area contributed by atoms with Crippen molar-refractivity contribution >= 4 is 27.5 Å². The predicted octanol–water partition coefficient (Wildman–Crippen LogP) is 4.77. The highest BCUT2D eigenvalue weighted by atomic mass is 79.9. The zero-order chi connectivity index (χ0) is 14.2. The molecule has 0 saturated carbocycles. The molecule has 100 valence electrons. The second kappa shape index (κ2) is 5.57. The Morgan fingerprint density at radius 3 is 2.37 bits per heavy atom. The van der Waals surface area contributed by atoms with Crippen LogP contribution < -0.4 is 0 Å². The van der Waals surface area contributed by atoms with Crippen LogP contribution in [0.1, 0.15) is 22.8 Å². The molecule has 0 saturated heterocycles.